The van der Waals surface area contributed by atoms with Crippen LogP contribution in [0, 0.1) is 5.92 Å². The molecular formula is C12H20N2O3S. The second-order valence-electron chi connectivity index (χ2n) is 4.49. The molecule has 0 spiro atoms. The standard InChI is InChI=1S/C12H20N2O3S/c1-9(2)6-7-14-18(15,16)12-8-10(13)4-5-11(12)17-3/h4-5,8-9,14H,6-7,13H2,1-3H3. The summed E-state index contributed by atoms with van der Waals surface area (Å²) in [6.45, 7) is 4.47. The van der Waals surface area contributed by atoms with E-state index in [4.69, 9.17) is 10.5 Å². The Morgan fingerprint density at radius 2 is 2.06 bits per heavy atom. The molecule has 0 heterocycles. The highest BCUT2D eigenvalue weighted by atomic mass is 32.2. The van der Waals surface area contributed by atoms with Crippen LogP contribution in [0.1, 0.15) is 20.3 Å². The van der Waals surface area contributed by atoms with Gasteiger partial charge >= 0.3 is 0 Å². The number of ether oxygens (including phenoxy) is 1. The molecule has 6 heteroatoms. The lowest BCUT2D eigenvalue weighted by molar-refractivity contribution is 0.402. The summed E-state index contributed by atoms with van der Waals surface area (Å²) in [6, 6.07) is 4.55. The first-order valence-corrected chi connectivity index (χ1v) is 7.28. The van der Waals surface area contributed by atoms with Gasteiger partial charge in [0.25, 0.3) is 0 Å². The molecule has 0 aliphatic carbocycles. The van der Waals surface area contributed by atoms with Gasteiger partial charge in [0.2, 0.25) is 10.0 Å². The average molecular weight is 272 g/mol. The van der Waals surface area contributed by atoms with E-state index in [1.807, 2.05) is 13.8 Å². The molecular weight excluding hydrogens is 252 g/mol. The fourth-order valence-electron chi connectivity index (χ4n) is 1.46. The zero-order chi connectivity index (χ0) is 13.8. The number of hydrogen-bond donors (Lipinski definition) is 2. The Morgan fingerprint density at radius 1 is 1.39 bits per heavy atom. The van der Waals surface area contributed by atoms with Crippen LogP contribution in [0.2, 0.25) is 0 Å². The van der Waals surface area contributed by atoms with Gasteiger partial charge in [-0.05, 0) is 30.5 Å². The monoisotopic (exact) mass is 272 g/mol. The molecule has 0 bridgehead atoms. The number of rotatable bonds is 6. The number of hydrogen-bond acceptors (Lipinski definition) is 4. The van der Waals surface area contributed by atoms with Crippen LogP contribution >= 0.6 is 0 Å². The van der Waals surface area contributed by atoms with Crippen molar-refractivity contribution in [2.45, 2.75) is 25.2 Å². The first-order valence-electron chi connectivity index (χ1n) is 5.80. The zero-order valence-electron chi connectivity index (χ0n) is 10.9. The summed E-state index contributed by atoms with van der Waals surface area (Å²) in [4.78, 5) is 0.0776. The molecule has 3 N–H and O–H groups in total. The highest BCUT2D eigenvalue weighted by Crippen LogP contribution is 2.25. The van der Waals surface area contributed by atoms with Gasteiger partial charge in [0, 0.05) is 12.2 Å². The highest BCUT2D eigenvalue weighted by Gasteiger charge is 2.19. The summed E-state index contributed by atoms with van der Waals surface area (Å²) >= 11 is 0. The maximum absolute atomic E-state index is 12.1. The number of nitrogen functional groups attached to an aromatic ring is 1. The van der Waals surface area contributed by atoms with Gasteiger partial charge in [0.1, 0.15) is 10.6 Å². The zero-order valence-corrected chi connectivity index (χ0v) is 11.8. The minimum absolute atomic E-state index is 0.0776. The van der Waals surface area contributed by atoms with Crippen LogP contribution in [0.3, 0.4) is 0 Å². The van der Waals surface area contributed by atoms with Crippen LogP contribution in [0.4, 0.5) is 5.69 Å². The van der Waals surface area contributed by atoms with Gasteiger partial charge in [-0.25, -0.2) is 13.1 Å². The van der Waals surface area contributed by atoms with Gasteiger partial charge < -0.3 is 10.5 Å². The van der Waals surface area contributed by atoms with Crippen LogP contribution in [0.5, 0.6) is 5.75 Å². The first-order chi connectivity index (χ1) is 8.36. The van der Waals surface area contributed by atoms with E-state index in [2.05, 4.69) is 4.72 Å². The van der Waals surface area contributed by atoms with E-state index in [-0.39, 0.29) is 4.90 Å². The molecule has 0 aliphatic rings. The van der Waals surface area contributed by atoms with Crippen molar-refractivity contribution >= 4 is 15.7 Å². The van der Waals surface area contributed by atoms with Crippen LogP contribution in [0.15, 0.2) is 23.1 Å². The third-order valence-corrected chi connectivity index (χ3v) is 3.97. The summed E-state index contributed by atoms with van der Waals surface area (Å²) < 4.78 is 31.8. The van der Waals surface area contributed by atoms with Crippen LogP contribution in [0.25, 0.3) is 0 Å². The third kappa shape index (κ3) is 3.89. The molecule has 0 radical (unpaired) electrons. The van der Waals surface area contributed by atoms with Gasteiger partial charge in [-0.15, -0.1) is 0 Å². The number of benzene rings is 1. The van der Waals surface area contributed by atoms with Crippen LogP contribution in [-0.2, 0) is 10.0 Å². The van der Waals surface area contributed by atoms with Crippen molar-refractivity contribution in [2.75, 3.05) is 19.4 Å². The Balaban J connectivity index is 2.93. The Morgan fingerprint density at radius 3 is 2.61 bits per heavy atom. The fourth-order valence-corrected chi connectivity index (χ4v) is 2.71. The highest BCUT2D eigenvalue weighted by molar-refractivity contribution is 7.89. The van der Waals surface area contributed by atoms with E-state index in [0.717, 1.165) is 6.42 Å². The molecule has 18 heavy (non-hydrogen) atoms. The lowest BCUT2D eigenvalue weighted by Gasteiger charge is -2.12. The van der Waals surface area contributed by atoms with Crippen molar-refractivity contribution in [1.82, 2.24) is 4.72 Å². The summed E-state index contributed by atoms with van der Waals surface area (Å²) in [6.07, 6.45) is 0.782. The molecule has 0 saturated heterocycles. The lowest BCUT2D eigenvalue weighted by atomic mass is 10.1. The SMILES string of the molecule is COc1ccc(N)cc1S(=O)(=O)NCCC(C)C. The Labute approximate surface area is 108 Å². The molecule has 0 fully saturated rings. The van der Waals surface area contributed by atoms with Gasteiger partial charge in [-0.1, -0.05) is 13.8 Å². The maximum Gasteiger partial charge on any atom is 0.244 e. The Kier molecular flexibility index (Phi) is 4.98. The maximum atomic E-state index is 12.1. The topological polar surface area (TPSA) is 81.4 Å². The van der Waals surface area contributed by atoms with Crippen molar-refractivity contribution in [3.63, 3.8) is 0 Å². The average Bonchev–Trinajstić information content (AvgIpc) is 2.28. The first kappa shape index (κ1) is 14.8. The smallest absolute Gasteiger partial charge is 0.244 e. The molecule has 0 aliphatic heterocycles. The van der Waals surface area contributed by atoms with E-state index >= 15 is 0 Å². The molecule has 0 saturated carbocycles. The van der Waals surface area contributed by atoms with Crippen LogP contribution in [-0.4, -0.2) is 22.1 Å². The van der Waals surface area contributed by atoms with Gasteiger partial charge in [0.15, 0.2) is 0 Å². The minimum Gasteiger partial charge on any atom is -0.495 e. The van der Waals surface area contributed by atoms with Crippen molar-refractivity contribution < 1.29 is 13.2 Å². The Hall–Kier alpha value is -1.27. The number of nitrogens with two attached hydrogens (primary N) is 1. The summed E-state index contributed by atoms with van der Waals surface area (Å²) in [5, 5.41) is 0. The van der Waals surface area contributed by atoms with E-state index < -0.39 is 10.0 Å². The second kappa shape index (κ2) is 6.06. The quantitative estimate of drug-likeness (QED) is 0.771. The van der Waals surface area contributed by atoms with E-state index in [1.54, 1.807) is 12.1 Å². The number of methoxy groups -OCH3 is 1. The summed E-state index contributed by atoms with van der Waals surface area (Å²) in [5.74, 6) is 0.733. The van der Waals surface area contributed by atoms with Crippen molar-refractivity contribution in [3.05, 3.63) is 18.2 Å². The molecule has 5 nitrogen and oxygen atoms in total. The summed E-state index contributed by atoms with van der Waals surface area (Å²) in [5.41, 5.74) is 6.00. The van der Waals surface area contributed by atoms with Crippen LogP contribution < -0.4 is 15.2 Å². The van der Waals surface area contributed by atoms with Gasteiger partial charge in [0.05, 0.1) is 7.11 Å². The molecule has 0 aromatic heterocycles. The minimum atomic E-state index is -3.58. The second-order valence-corrected chi connectivity index (χ2v) is 6.23. The fraction of sp³-hybridized carbons (Fsp3) is 0.500. The number of nitrogens with one attached hydrogen (secondary N) is 1. The van der Waals surface area contributed by atoms with Gasteiger partial charge in [-0.2, -0.15) is 0 Å². The normalized spacial score (nSPS) is 11.8. The molecule has 102 valence electrons. The van der Waals surface area contributed by atoms with Crippen molar-refractivity contribution in [2.24, 2.45) is 5.92 Å². The predicted molar refractivity (Wildman–Crippen MR) is 72.0 cm³/mol. The van der Waals surface area contributed by atoms with Gasteiger partial charge in [-0.3, -0.25) is 0 Å². The van der Waals surface area contributed by atoms with Crippen molar-refractivity contribution in [1.29, 1.82) is 0 Å². The largest absolute Gasteiger partial charge is 0.495 e. The van der Waals surface area contributed by atoms with Crippen molar-refractivity contribution in [3.8, 4) is 5.75 Å². The van der Waals surface area contributed by atoms with E-state index in [0.29, 0.717) is 23.9 Å². The number of anilines is 1. The third-order valence-electron chi connectivity index (χ3n) is 2.49. The number of sulfonamides is 1. The van der Waals surface area contributed by atoms with E-state index in [1.165, 1.54) is 13.2 Å². The Bertz CT molecular complexity index is 498. The molecule has 0 unspecified atom stereocenters. The molecule has 1 rings (SSSR count). The van der Waals surface area contributed by atoms with E-state index in [9.17, 15) is 8.42 Å². The molecule has 1 aromatic carbocycles. The summed E-state index contributed by atoms with van der Waals surface area (Å²) in [7, 11) is -2.15. The lowest BCUT2D eigenvalue weighted by Crippen LogP contribution is -2.26. The molecule has 0 atom stereocenters. The molecule has 1 aromatic rings. The predicted octanol–water partition coefficient (Wildman–Crippen LogP) is 1.60. The molecule has 0 amide bonds.